The monoisotopic (exact) mass is 482 g/mol. The number of esters is 1. The van der Waals surface area contributed by atoms with Crippen LogP contribution in [0.1, 0.15) is 6.92 Å². The fourth-order valence-electron chi connectivity index (χ4n) is 3.48. The van der Waals surface area contributed by atoms with E-state index in [1.165, 1.54) is 25.1 Å². The van der Waals surface area contributed by atoms with Crippen LogP contribution in [0, 0.1) is 0 Å². The van der Waals surface area contributed by atoms with Crippen molar-refractivity contribution in [3.05, 3.63) is 54.6 Å². The molecule has 154 valence electrons. The number of rotatable bonds is 3. The number of hydrogen-bond donors (Lipinski definition) is 0. The minimum atomic E-state index is -4.14. The number of hydrogen-bond acceptors (Lipinski definition) is 6. The smallest absolute Gasteiger partial charge is 0.308 e. The number of halogens is 2. The molecule has 0 aliphatic heterocycles. The van der Waals surface area contributed by atoms with Crippen LogP contribution in [0.4, 0.5) is 0 Å². The molecule has 0 fully saturated rings. The third-order valence-corrected chi connectivity index (χ3v) is 7.38. The van der Waals surface area contributed by atoms with Gasteiger partial charge in [0.1, 0.15) is 5.75 Å². The molecule has 0 saturated heterocycles. The van der Waals surface area contributed by atoms with Crippen LogP contribution in [0.5, 0.6) is 5.75 Å². The van der Waals surface area contributed by atoms with E-state index in [4.69, 9.17) is 26.1 Å². The van der Waals surface area contributed by atoms with Crippen molar-refractivity contribution < 1.29 is 26.4 Å². The molecule has 0 heterocycles. The van der Waals surface area contributed by atoms with Gasteiger partial charge in [-0.15, -0.1) is 0 Å². The molecule has 0 radical (unpaired) electrons. The van der Waals surface area contributed by atoms with Crippen molar-refractivity contribution in [1.82, 2.24) is 0 Å². The quantitative estimate of drug-likeness (QED) is 0.178. The van der Waals surface area contributed by atoms with Gasteiger partial charge in [-0.3, -0.25) is 4.79 Å². The Hall–Kier alpha value is -2.39. The van der Waals surface area contributed by atoms with Gasteiger partial charge in [0.2, 0.25) is 0 Å². The lowest BCUT2D eigenvalue weighted by molar-refractivity contribution is -0.131. The van der Waals surface area contributed by atoms with Gasteiger partial charge in [0, 0.05) is 39.7 Å². The Labute approximate surface area is 180 Å². The molecule has 0 spiro atoms. The van der Waals surface area contributed by atoms with Crippen molar-refractivity contribution >= 4 is 77.8 Å². The van der Waals surface area contributed by atoms with Gasteiger partial charge < -0.3 is 4.74 Å². The van der Waals surface area contributed by atoms with Gasteiger partial charge in [-0.05, 0) is 45.1 Å². The van der Waals surface area contributed by atoms with Crippen LogP contribution in [0.25, 0.3) is 32.3 Å². The zero-order valence-corrected chi connectivity index (χ0v) is 18.4. The molecule has 0 saturated carbocycles. The van der Waals surface area contributed by atoms with Gasteiger partial charge >= 0.3 is 5.97 Å². The van der Waals surface area contributed by atoms with Crippen molar-refractivity contribution in [3.63, 3.8) is 0 Å². The van der Waals surface area contributed by atoms with Crippen LogP contribution >= 0.6 is 21.4 Å². The molecule has 0 aromatic heterocycles. The first-order valence-corrected chi connectivity index (χ1v) is 13.1. The summed E-state index contributed by atoms with van der Waals surface area (Å²) in [5.74, 6) is -0.589. The summed E-state index contributed by atoms with van der Waals surface area (Å²) >= 11 is 0. The number of ether oxygens (including phenoxy) is 1. The van der Waals surface area contributed by atoms with E-state index in [0.717, 1.165) is 5.39 Å². The van der Waals surface area contributed by atoms with Gasteiger partial charge in [0.15, 0.2) is 0 Å². The van der Waals surface area contributed by atoms with Crippen LogP contribution in [0.15, 0.2) is 64.4 Å². The van der Waals surface area contributed by atoms with E-state index in [0.29, 0.717) is 26.9 Å². The van der Waals surface area contributed by atoms with Crippen molar-refractivity contribution in [1.29, 1.82) is 0 Å². The molecule has 4 aromatic rings. The van der Waals surface area contributed by atoms with Crippen LogP contribution < -0.4 is 4.74 Å². The Morgan fingerprint density at radius 1 is 0.733 bits per heavy atom. The third-order valence-electron chi connectivity index (χ3n) is 4.66. The second kappa shape index (κ2) is 7.09. The maximum Gasteiger partial charge on any atom is 0.308 e. The Bertz CT molecular complexity index is 1590. The van der Waals surface area contributed by atoms with Gasteiger partial charge in [-0.25, -0.2) is 16.8 Å². The highest BCUT2D eigenvalue weighted by molar-refractivity contribution is 8.14. The van der Waals surface area contributed by atoms with Crippen molar-refractivity contribution in [3.8, 4) is 5.75 Å². The minimum Gasteiger partial charge on any atom is -0.427 e. The number of fused-ring (bicyclic) bond motifs is 5. The molecule has 30 heavy (non-hydrogen) atoms. The first-order valence-electron chi connectivity index (χ1n) is 8.46. The third kappa shape index (κ3) is 3.72. The van der Waals surface area contributed by atoms with E-state index in [9.17, 15) is 21.6 Å². The summed E-state index contributed by atoms with van der Waals surface area (Å²) in [4.78, 5) is 11.2. The molecule has 0 amide bonds. The maximum absolute atomic E-state index is 12.1. The second-order valence-electron chi connectivity index (χ2n) is 6.60. The highest BCUT2D eigenvalue weighted by atomic mass is 35.7. The summed E-state index contributed by atoms with van der Waals surface area (Å²) in [6, 6.07) is 14.0. The molecular weight excluding hydrogens is 471 g/mol. The van der Waals surface area contributed by atoms with E-state index in [-0.39, 0.29) is 15.5 Å². The van der Waals surface area contributed by atoms with Crippen molar-refractivity contribution in [2.45, 2.75) is 16.7 Å². The van der Waals surface area contributed by atoms with Crippen molar-refractivity contribution in [2.24, 2.45) is 0 Å². The highest BCUT2D eigenvalue weighted by Crippen LogP contribution is 2.38. The number of carbonyl (C=O) groups excluding carboxylic acids is 1. The van der Waals surface area contributed by atoms with Crippen LogP contribution in [-0.2, 0) is 22.9 Å². The summed E-state index contributed by atoms with van der Waals surface area (Å²) in [5.41, 5.74) is 0. The molecule has 10 heteroatoms. The van der Waals surface area contributed by atoms with Crippen LogP contribution in [-0.4, -0.2) is 22.8 Å². The number of benzene rings is 4. The van der Waals surface area contributed by atoms with Gasteiger partial charge in [0.05, 0.1) is 9.79 Å². The summed E-state index contributed by atoms with van der Waals surface area (Å²) in [7, 11) is 3.03. The zero-order chi connectivity index (χ0) is 21.8. The lowest BCUT2D eigenvalue weighted by Crippen LogP contribution is -2.03. The molecule has 0 N–H and O–H groups in total. The van der Waals surface area contributed by atoms with E-state index < -0.39 is 24.1 Å². The molecule has 0 unspecified atom stereocenters. The summed E-state index contributed by atoms with van der Waals surface area (Å²) in [5, 5.41) is 3.50. The SMILES string of the molecule is CC(=O)Oc1cc(S(=O)(=O)Cl)c2ccc3c4cc(S(=O)(=O)Cl)ccc4ccc3c2c1. The summed E-state index contributed by atoms with van der Waals surface area (Å²) < 4.78 is 52.9. The average Bonchev–Trinajstić information content (AvgIpc) is 2.64. The average molecular weight is 483 g/mol. The van der Waals surface area contributed by atoms with Gasteiger partial charge in [-0.2, -0.15) is 0 Å². The van der Waals surface area contributed by atoms with Gasteiger partial charge in [0.25, 0.3) is 18.1 Å². The molecule has 0 aliphatic rings. The van der Waals surface area contributed by atoms with E-state index in [1.807, 2.05) is 0 Å². The lowest BCUT2D eigenvalue weighted by atomic mass is 9.97. The molecule has 4 rings (SSSR count). The fraction of sp³-hybridized carbons (Fsp3) is 0.0500. The lowest BCUT2D eigenvalue weighted by Gasteiger charge is -2.12. The molecule has 0 aliphatic carbocycles. The Morgan fingerprint density at radius 3 is 1.97 bits per heavy atom. The van der Waals surface area contributed by atoms with E-state index in [1.54, 1.807) is 36.4 Å². The Kier molecular flexibility index (Phi) is 4.93. The van der Waals surface area contributed by atoms with E-state index in [2.05, 4.69) is 0 Å². The Morgan fingerprint density at radius 2 is 1.33 bits per heavy atom. The highest BCUT2D eigenvalue weighted by Gasteiger charge is 2.19. The first kappa shape index (κ1) is 20.9. The van der Waals surface area contributed by atoms with Gasteiger partial charge in [-0.1, -0.05) is 30.3 Å². The van der Waals surface area contributed by atoms with E-state index >= 15 is 0 Å². The summed E-state index contributed by atoms with van der Waals surface area (Å²) in [6.07, 6.45) is 0. The topological polar surface area (TPSA) is 94.6 Å². The predicted octanol–water partition coefficient (Wildman–Crippen LogP) is 4.93. The molecular formula is C20H12Cl2O6S2. The molecule has 0 bridgehead atoms. The second-order valence-corrected chi connectivity index (χ2v) is 11.7. The Balaban J connectivity index is 2.17. The number of carbonyl (C=O) groups is 1. The minimum absolute atomic E-state index is 0.0268. The zero-order valence-electron chi connectivity index (χ0n) is 15.2. The maximum atomic E-state index is 12.1. The predicted molar refractivity (Wildman–Crippen MR) is 116 cm³/mol. The summed E-state index contributed by atoms with van der Waals surface area (Å²) in [6.45, 7) is 1.20. The standard InChI is InChI=1S/C20H12Cl2O6S2/c1-11(23)28-13-8-19-16-5-3-12-2-4-14(29(21,24)25)10-18(12)15(16)6-7-17(19)20(9-13)30(22,26)27/h2-10H,1H3. The fourth-order valence-corrected chi connectivity index (χ4v) is 5.34. The molecule has 6 nitrogen and oxygen atoms in total. The van der Waals surface area contributed by atoms with Crippen LogP contribution in [0.2, 0.25) is 0 Å². The van der Waals surface area contributed by atoms with Crippen molar-refractivity contribution in [2.75, 3.05) is 0 Å². The largest absolute Gasteiger partial charge is 0.427 e. The normalized spacial score (nSPS) is 12.5. The first-order chi connectivity index (χ1) is 13.9. The molecule has 0 atom stereocenters. The van der Waals surface area contributed by atoms with Crippen LogP contribution in [0.3, 0.4) is 0 Å². The molecule has 4 aromatic carbocycles.